The fraction of sp³-hybridized carbons (Fsp3) is 0.429. The molecule has 1 aromatic heterocycles. The summed E-state index contributed by atoms with van der Waals surface area (Å²) in [5.74, 6) is -3.02. The summed E-state index contributed by atoms with van der Waals surface area (Å²) in [5.41, 5.74) is -1.29. The summed E-state index contributed by atoms with van der Waals surface area (Å²) >= 11 is 0. The SMILES string of the molecule is CS(=O)(=O)NCCn1nnc(C(=O)O)c1C(=O)O. The van der Waals surface area contributed by atoms with Crippen LogP contribution in [0.15, 0.2) is 0 Å². The molecule has 0 atom stereocenters. The summed E-state index contributed by atoms with van der Waals surface area (Å²) < 4.78 is 24.5. The number of nitrogens with zero attached hydrogens (tertiary/aromatic N) is 3. The van der Waals surface area contributed by atoms with E-state index in [1.807, 2.05) is 0 Å². The van der Waals surface area contributed by atoms with E-state index < -0.39 is 33.3 Å². The lowest BCUT2D eigenvalue weighted by Gasteiger charge is -2.04. The van der Waals surface area contributed by atoms with Crippen molar-refractivity contribution in [2.24, 2.45) is 0 Å². The fourth-order valence-corrected chi connectivity index (χ4v) is 1.62. The van der Waals surface area contributed by atoms with Crippen LogP contribution in [0.3, 0.4) is 0 Å². The van der Waals surface area contributed by atoms with E-state index in [9.17, 15) is 18.0 Å². The molecule has 0 amide bonds. The largest absolute Gasteiger partial charge is 0.476 e. The average molecular weight is 278 g/mol. The van der Waals surface area contributed by atoms with Gasteiger partial charge >= 0.3 is 11.9 Å². The highest BCUT2D eigenvalue weighted by molar-refractivity contribution is 7.88. The topological polar surface area (TPSA) is 151 Å². The number of rotatable bonds is 6. The van der Waals surface area contributed by atoms with Gasteiger partial charge in [-0.05, 0) is 0 Å². The lowest BCUT2D eigenvalue weighted by molar-refractivity contribution is 0.0640. The van der Waals surface area contributed by atoms with Crippen LogP contribution in [0.25, 0.3) is 0 Å². The molecule has 1 heterocycles. The van der Waals surface area contributed by atoms with Gasteiger partial charge in [0.1, 0.15) is 0 Å². The van der Waals surface area contributed by atoms with Crippen molar-refractivity contribution in [3.8, 4) is 0 Å². The van der Waals surface area contributed by atoms with Crippen LogP contribution < -0.4 is 4.72 Å². The molecule has 0 unspecified atom stereocenters. The molecular formula is C7H10N4O6S. The van der Waals surface area contributed by atoms with Gasteiger partial charge in [0.25, 0.3) is 0 Å². The highest BCUT2D eigenvalue weighted by Gasteiger charge is 2.24. The van der Waals surface area contributed by atoms with Crippen molar-refractivity contribution >= 4 is 22.0 Å². The highest BCUT2D eigenvalue weighted by Crippen LogP contribution is 2.05. The van der Waals surface area contributed by atoms with E-state index in [-0.39, 0.29) is 13.1 Å². The molecule has 0 aromatic carbocycles. The summed E-state index contributed by atoms with van der Waals surface area (Å²) in [6.07, 6.45) is 0.940. The van der Waals surface area contributed by atoms with Gasteiger partial charge in [-0.1, -0.05) is 5.21 Å². The van der Waals surface area contributed by atoms with Crippen molar-refractivity contribution in [1.82, 2.24) is 19.7 Å². The number of aromatic carboxylic acids is 2. The molecular weight excluding hydrogens is 268 g/mol. The second-order valence-electron chi connectivity index (χ2n) is 3.29. The van der Waals surface area contributed by atoms with Gasteiger partial charge in [0.15, 0.2) is 5.69 Å². The standard InChI is InChI=1S/C7H10N4O6S/c1-18(16,17)8-2-3-11-5(7(14)15)4(6(12)13)9-10-11/h8H,2-3H2,1H3,(H,12,13)(H,14,15). The second kappa shape index (κ2) is 5.10. The zero-order chi connectivity index (χ0) is 13.9. The second-order valence-corrected chi connectivity index (χ2v) is 5.12. The van der Waals surface area contributed by atoms with Crippen LogP contribution in [0.2, 0.25) is 0 Å². The first kappa shape index (κ1) is 14.1. The number of carbonyl (C=O) groups is 2. The number of aromatic nitrogens is 3. The average Bonchev–Trinajstić information content (AvgIpc) is 2.59. The molecule has 100 valence electrons. The van der Waals surface area contributed by atoms with Gasteiger partial charge in [-0.2, -0.15) is 0 Å². The quantitative estimate of drug-likeness (QED) is 0.552. The molecule has 0 bridgehead atoms. The maximum absolute atomic E-state index is 10.9. The zero-order valence-electron chi connectivity index (χ0n) is 9.19. The van der Waals surface area contributed by atoms with Gasteiger partial charge in [-0.25, -0.2) is 27.4 Å². The Morgan fingerprint density at radius 1 is 1.33 bits per heavy atom. The summed E-state index contributed by atoms with van der Waals surface area (Å²) in [7, 11) is -3.41. The van der Waals surface area contributed by atoms with Crippen LogP contribution in [-0.2, 0) is 16.6 Å². The van der Waals surface area contributed by atoms with E-state index in [2.05, 4.69) is 15.0 Å². The first-order valence-corrected chi connectivity index (χ1v) is 6.46. The minimum atomic E-state index is -3.41. The van der Waals surface area contributed by atoms with E-state index in [1.165, 1.54) is 0 Å². The van der Waals surface area contributed by atoms with Crippen molar-refractivity contribution in [1.29, 1.82) is 0 Å². The first-order valence-electron chi connectivity index (χ1n) is 4.57. The Morgan fingerprint density at radius 3 is 2.39 bits per heavy atom. The lowest BCUT2D eigenvalue weighted by Crippen LogP contribution is -2.27. The highest BCUT2D eigenvalue weighted by atomic mass is 32.2. The molecule has 0 spiro atoms. The number of carboxylic acid groups (broad SMARTS) is 2. The Morgan fingerprint density at radius 2 is 1.94 bits per heavy atom. The third-order valence-electron chi connectivity index (χ3n) is 1.83. The smallest absolute Gasteiger partial charge is 0.359 e. The number of carboxylic acids is 2. The molecule has 10 nitrogen and oxygen atoms in total. The number of hydrogen-bond donors (Lipinski definition) is 3. The van der Waals surface area contributed by atoms with Crippen LogP contribution >= 0.6 is 0 Å². The molecule has 0 aliphatic carbocycles. The van der Waals surface area contributed by atoms with Gasteiger partial charge in [0, 0.05) is 6.54 Å². The van der Waals surface area contributed by atoms with Crippen LogP contribution in [0.5, 0.6) is 0 Å². The van der Waals surface area contributed by atoms with Gasteiger partial charge in [-0.15, -0.1) is 5.10 Å². The van der Waals surface area contributed by atoms with E-state index in [0.29, 0.717) is 0 Å². The molecule has 18 heavy (non-hydrogen) atoms. The molecule has 0 saturated heterocycles. The minimum absolute atomic E-state index is 0.123. The number of sulfonamides is 1. The Balaban J connectivity index is 2.90. The number of nitrogens with one attached hydrogen (secondary N) is 1. The Hall–Kier alpha value is -2.01. The predicted molar refractivity (Wildman–Crippen MR) is 56.8 cm³/mol. The molecule has 1 rings (SSSR count). The van der Waals surface area contributed by atoms with E-state index in [4.69, 9.17) is 10.2 Å². The molecule has 1 aromatic rings. The van der Waals surface area contributed by atoms with Crippen molar-refractivity contribution in [2.75, 3.05) is 12.8 Å². The van der Waals surface area contributed by atoms with E-state index in [0.717, 1.165) is 10.9 Å². The summed E-state index contributed by atoms with van der Waals surface area (Å²) in [6.45, 7) is -0.267. The third kappa shape index (κ3) is 3.49. The summed E-state index contributed by atoms with van der Waals surface area (Å²) in [4.78, 5) is 21.5. The maximum atomic E-state index is 10.9. The van der Waals surface area contributed by atoms with Gasteiger partial charge in [0.05, 0.1) is 12.8 Å². The summed E-state index contributed by atoms with van der Waals surface area (Å²) in [6, 6.07) is 0. The van der Waals surface area contributed by atoms with Gasteiger partial charge in [-0.3, -0.25) is 0 Å². The first-order chi connectivity index (χ1) is 8.22. The van der Waals surface area contributed by atoms with Crippen molar-refractivity contribution < 1.29 is 28.2 Å². The van der Waals surface area contributed by atoms with Gasteiger partial charge < -0.3 is 10.2 Å². The van der Waals surface area contributed by atoms with Crippen molar-refractivity contribution in [3.05, 3.63) is 11.4 Å². The fourth-order valence-electron chi connectivity index (χ4n) is 1.16. The molecule has 0 saturated carbocycles. The lowest BCUT2D eigenvalue weighted by atomic mass is 10.3. The monoisotopic (exact) mass is 278 g/mol. The Bertz CT molecular complexity index is 577. The predicted octanol–water partition coefficient (Wildman–Crippen LogP) is -1.78. The van der Waals surface area contributed by atoms with Crippen LogP contribution in [0.4, 0.5) is 0 Å². The minimum Gasteiger partial charge on any atom is -0.476 e. The van der Waals surface area contributed by atoms with E-state index in [1.54, 1.807) is 0 Å². The third-order valence-corrected chi connectivity index (χ3v) is 2.56. The molecule has 0 fully saturated rings. The van der Waals surface area contributed by atoms with Crippen LogP contribution in [-0.4, -0.2) is 58.4 Å². The number of hydrogen-bond acceptors (Lipinski definition) is 6. The van der Waals surface area contributed by atoms with Crippen molar-refractivity contribution in [2.45, 2.75) is 6.54 Å². The Kier molecular flexibility index (Phi) is 3.98. The normalized spacial score (nSPS) is 11.4. The maximum Gasteiger partial charge on any atom is 0.359 e. The molecule has 0 radical (unpaired) electrons. The van der Waals surface area contributed by atoms with Crippen LogP contribution in [0.1, 0.15) is 21.0 Å². The summed E-state index contributed by atoms with van der Waals surface area (Å²) in [5, 5.41) is 24.1. The Labute approximate surface area is 101 Å². The molecule has 0 aliphatic rings. The van der Waals surface area contributed by atoms with Gasteiger partial charge in [0.2, 0.25) is 15.7 Å². The van der Waals surface area contributed by atoms with E-state index >= 15 is 0 Å². The zero-order valence-corrected chi connectivity index (χ0v) is 10.0. The van der Waals surface area contributed by atoms with Crippen molar-refractivity contribution in [3.63, 3.8) is 0 Å². The molecule has 11 heteroatoms. The molecule has 3 N–H and O–H groups in total. The van der Waals surface area contributed by atoms with Crippen LogP contribution in [0, 0.1) is 0 Å². The molecule has 0 aliphatic heterocycles.